The zero-order valence-corrected chi connectivity index (χ0v) is 16.8. The summed E-state index contributed by atoms with van der Waals surface area (Å²) in [7, 11) is 0. The molecule has 0 spiro atoms. The second-order valence-corrected chi connectivity index (χ2v) is 8.12. The van der Waals surface area contributed by atoms with E-state index in [0.29, 0.717) is 6.42 Å². The van der Waals surface area contributed by atoms with Gasteiger partial charge >= 0.3 is 0 Å². The van der Waals surface area contributed by atoms with Crippen molar-refractivity contribution in [1.82, 2.24) is 19.9 Å². The molecule has 1 amide bonds. The number of aromatic nitrogens is 3. The summed E-state index contributed by atoms with van der Waals surface area (Å²) in [5.41, 5.74) is 3.06. The minimum absolute atomic E-state index is 0.00950. The van der Waals surface area contributed by atoms with Crippen molar-refractivity contribution in [2.45, 2.75) is 32.4 Å². The second-order valence-electron chi connectivity index (χ2n) is 7.34. The van der Waals surface area contributed by atoms with Gasteiger partial charge in [-0.3, -0.25) is 4.79 Å². The van der Waals surface area contributed by atoms with Crippen molar-refractivity contribution < 1.29 is 4.79 Å². The van der Waals surface area contributed by atoms with Crippen LogP contribution in [0.3, 0.4) is 0 Å². The smallest absolute Gasteiger partial charge is 0.223 e. The van der Waals surface area contributed by atoms with Crippen molar-refractivity contribution in [3.63, 3.8) is 0 Å². The minimum atomic E-state index is -0.160. The van der Waals surface area contributed by atoms with E-state index in [1.54, 1.807) is 11.3 Å². The first-order valence-electron chi connectivity index (χ1n) is 9.50. The summed E-state index contributed by atoms with van der Waals surface area (Å²) in [4.78, 5) is 21.0. The number of carbonyl (C=O) groups excluding carboxylic acids is 1. The lowest BCUT2D eigenvalue weighted by Gasteiger charge is -2.23. The summed E-state index contributed by atoms with van der Waals surface area (Å²) in [5, 5.41) is 7.36. The molecule has 2 N–H and O–H groups in total. The standard InChI is InChI=1S/C22H24N4OS/c1-15(2)21(22-23-17-7-3-4-8-18(17)24-22)25-20(27)13-19(16-9-12-28-14-16)26-10-5-6-11-26/h3-12,14-15,19,21H,13H2,1-2H3,(H,23,24)(H,25,27). The van der Waals surface area contributed by atoms with Gasteiger partial charge < -0.3 is 14.9 Å². The van der Waals surface area contributed by atoms with E-state index in [2.05, 4.69) is 45.5 Å². The molecule has 0 saturated heterocycles. The maximum absolute atomic E-state index is 13.0. The van der Waals surface area contributed by atoms with E-state index >= 15 is 0 Å². The van der Waals surface area contributed by atoms with Crippen LogP contribution in [0.15, 0.2) is 65.6 Å². The van der Waals surface area contributed by atoms with Crippen LogP contribution in [0.1, 0.15) is 43.7 Å². The van der Waals surface area contributed by atoms with E-state index in [1.807, 2.05) is 48.8 Å². The predicted octanol–water partition coefficient (Wildman–Crippen LogP) is 4.92. The molecule has 0 saturated carbocycles. The Morgan fingerprint density at radius 2 is 1.96 bits per heavy atom. The Balaban J connectivity index is 1.54. The van der Waals surface area contributed by atoms with Gasteiger partial charge in [0, 0.05) is 12.4 Å². The normalized spacial score (nSPS) is 13.7. The number of nitrogens with zero attached hydrogens (tertiary/aromatic N) is 2. The van der Waals surface area contributed by atoms with Crippen LogP contribution >= 0.6 is 11.3 Å². The molecule has 0 bridgehead atoms. The third-order valence-electron chi connectivity index (χ3n) is 4.98. The minimum Gasteiger partial charge on any atom is -0.346 e. The highest BCUT2D eigenvalue weighted by molar-refractivity contribution is 7.08. The number of hydrogen-bond donors (Lipinski definition) is 2. The Morgan fingerprint density at radius 3 is 2.64 bits per heavy atom. The number of carbonyl (C=O) groups is 1. The average Bonchev–Trinajstić information content (AvgIpc) is 3.45. The molecule has 0 aliphatic rings. The number of fused-ring (bicyclic) bond motifs is 1. The number of aromatic amines is 1. The van der Waals surface area contributed by atoms with Gasteiger partial charge in [0.05, 0.1) is 29.5 Å². The van der Waals surface area contributed by atoms with Gasteiger partial charge in [0.1, 0.15) is 5.82 Å². The monoisotopic (exact) mass is 392 g/mol. The fraction of sp³-hybridized carbons (Fsp3) is 0.273. The molecular weight excluding hydrogens is 368 g/mol. The lowest BCUT2D eigenvalue weighted by atomic mass is 10.0. The van der Waals surface area contributed by atoms with Crippen LogP contribution in [0.25, 0.3) is 11.0 Å². The first-order chi connectivity index (χ1) is 13.6. The zero-order valence-electron chi connectivity index (χ0n) is 16.0. The number of nitrogens with one attached hydrogen (secondary N) is 2. The molecule has 5 nitrogen and oxygen atoms in total. The first kappa shape index (κ1) is 18.5. The van der Waals surface area contributed by atoms with Gasteiger partial charge in [-0.1, -0.05) is 26.0 Å². The van der Waals surface area contributed by atoms with Gasteiger partial charge in [-0.25, -0.2) is 4.98 Å². The van der Waals surface area contributed by atoms with E-state index in [4.69, 9.17) is 4.98 Å². The molecule has 2 unspecified atom stereocenters. The van der Waals surface area contributed by atoms with Crippen molar-refractivity contribution >= 4 is 28.3 Å². The molecule has 4 rings (SSSR count). The van der Waals surface area contributed by atoms with Crippen LogP contribution in [0.5, 0.6) is 0 Å². The third kappa shape index (κ3) is 3.87. The molecule has 0 aliphatic carbocycles. The van der Waals surface area contributed by atoms with Gasteiger partial charge in [-0.05, 0) is 52.6 Å². The van der Waals surface area contributed by atoms with Crippen LogP contribution in [0.4, 0.5) is 0 Å². The number of thiophene rings is 1. The number of rotatable bonds is 7. The molecule has 0 aliphatic heterocycles. The Bertz CT molecular complexity index is 967. The summed E-state index contributed by atoms with van der Waals surface area (Å²) in [6.45, 7) is 4.20. The lowest BCUT2D eigenvalue weighted by Crippen LogP contribution is -2.34. The summed E-state index contributed by atoms with van der Waals surface area (Å²) in [5.74, 6) is 1.04. The molecule has 3 heterocycles. The SMILES string of the molecule is CC(C)C(NC(=O)CC(c1ccsc1)n1cccc1)c1nc2ccccc2[nH]1. The highest BCUT2D eigenvalue weighted by Gasteiger charge is 2.24. The highest BCUT2D eigenvalue weighted by atomic mass is 32.1. The van der Waals surface area contributed by atoms with Gasteiger partial charge in [0.25, 0.3) is 0 Å². The van der Waals surface area contributed by atoms with Crippen LogP contribution in [-0.4, -0.2) is 20.4 Å². The van der Waals surface area contributed by atoms with E-state index in [9.17, 15) is 4.79 Å². The molecule has 0 fully saturated rings. The first-order valence-corrected chi connectivity index (χ1v) is 10.4. The van der Waals surface area contributed by atoms with Gasteiger partial charge in [0.2, 0.25) is 5.91 Å². The average molecular weight is 393 g/mol. The van der Waals surface area contributed by atoms with E-state index in [0.717, 1.165) is 22.4 Å². The van der Waals surface area contributed by atoms with Crippen LogP contribution in [-0.2, 0) is 4.79 Å². The Kier molecular flexibility index (Phi) is 5.30. The number of benzene rings is 1. The molecule has 3 aromatic heterocycles. The molecule has 144 valence electrons. The summed E-state index contributed by atoms with van der Waals surface area (Å²) < 4.78 is 2.09. The van der Waals surface area contributed by atoms with Crippen molar-refractivity contribution in [2.75, 3.05) is 0 Å². The maximum Gasteiger partial charge on any atom is 0.223 e. The van der Waals surface area contributed by atoms with Gasteiger partial charge in [0.15, 0.2) is 0 Å². The van der Waals surface area contributed by atoms with Gasteiger partial charge in [-0.2, -0.15) is 11.3 Å². The maximum atomic E-state index is 13.0. The molecule has 1 aromatic carbocycles. The Labute approximate surface area is 168 Å². The van der Waals surface area contributed by atoms with E-state index in [1.165, 1.54) is 0 Å². The molecule has 0 radical (unpaired) electrons. The van der Waals surface area contributed by atoms with Crippen molar-refractivity contribution in [1.29, 1.82) is 0 Å². The zero-order chi connectivity index (χ0) is 19.5. The van der Waals surface area contributed by atoms with Crippen molar-refractivity contribution in [3.05, 3.63) is 77.0 Å². The van der Waals surface area contributed by atoms with E-state index in [-0.39, 0.29) is 23.9 Å². The largest absolute Gasteiger partial charge is 0.346 e. The van der Waals surface area contributed by atoms with Crippen molar-refractivity contribution in [3.8, 4) is 0 Å². The van der Waals surface area contributed by atoms with Crippen LogP contribution in [0, 0.1) is 5.92 Å². The van der Waals surface area contributed by atoms with E-state index < -0.39 is 0 Å². The fourth-order valence-electron chi connectivity index (χ4n) is 3.49. The molecule has 4 aromatic rings. The lowest BCUT2D eigenvalue weighted by molar-refractivity contribution is -0.122. The summed E-state index contributed by atoms with van der Waals surface area (Å²) in [6, 6.07) is 13.8. The van der Waals surface area contributed by atoms with Crippen molar-refractivity contribution in [2.24, 2.45) is 5.92 Å². The van der Waals surface area contributed by atoms with Crippen LogP contribution < -0.4 is 5.32 Å². The highest BCUT2D eigenvalue weighted by Crippen LogP contribution is 2.26. The molecule has 28 heavy (non-hydrogen) atoms. The number of hydrogen-bond acceptors (Lipinski definition) is 3. The van der Waals surface area contributed by atoms with Crippen LogP contribution in [0.2, 0.25) is 0 Å². The summed E-state index contributed by atoms with van der Waals surface area (Å²) in [6.07, 6.45) is 4.40. The second kappa shape index (κ2) is 8.02. The number of amides is 1. The quantitative estimate of drug-likeness (QED) is 0.469. The van der Waals surface area contributed by atoms with Gasteiger partial charge in [-0.15, -0.1) is 0 Å². The Hall–Kier alpha value is -2.86. The third-order valence-corrected chi connectivity index (χ3v) is 5.68. The molecular formula is C22H24N4OS. The topological polar surface area (TPSA) is 62.7 Å². The fourth-order valence-corrected chi connectivity index (χ4v) is 4.20. The summed E-state index contributed by atoms with van der Waals surface area (Å²) >= 11 is 1.65. The number of imidazole rings is 1. The Morgan fingerprint density at radius 1 is 1.18 bits per heavy atom. The molecule has 6 heteroatoms. The predicted molar refractivity (Wildman–Crippen MR) is 113 cm³/mol. The number of para-hydroxylation sites is 2. The molecule has 2 atom stereocenters. The number of H-pyrrole nitrogens is 1.